The van der Waals surface area contributed by atoms with Crippen LogP contribution in [-0.2, 0) is 30.3 Å². The Bertz CT molecular complexity index is 889. The summed E-state index contributed by atoms with van der Waals surface area (Å²) in [6.45, 7) is 4.11. The fraction of sp³-hybridized carbons (Fsp3) is 0.435. The molecule has 6 atom stereocenters. The highest BCUT2D eigenvalue weighted by Gasteiger charge is 2.61. The molecule has 30 heavy (non-hydrogen) atoms. The summed E-state index contributed by atoms with van der Waals surface area (Å²) in [5.41, 5.74) is 1.05. The van der Waals surface area contributed by atoms with E-state index in [1.807, 2.05) is 74.5 Å². The van der Waals surface area contributed by atoms with Crippen LogP contribution in [0, 0.1) is 0 Å². The van der Waals surface area contributed by atoms with Gasteiger partial charge in [-0.25, -0.2) is 0 Å². The number of fused-ring (bicyclic) bond motifs is 1. The van der Waals surface area contributed by atoms with Crippen LogP contribution in [0.1, 0.15) is 19.4 Å². The lowest BCUT2D eigenvalue weighted by molar-refractivity contribution is -0.228. The van der Waals surface area contributed by atoms with Gasteiger partial charge in [-0.3, -0.25) is 4.79 Å². The number of ether oxygens (including phenoxy) is 5. The fourth-order valence-electron chi connectivity index (χ4n) is 4.17. The van der Waals surface area contributed by atoms with Crippen molar-refractivity contribution >= 4 is 5.91 Å². The molecule has 7 nitrogen and oxygen atoms in total. The number of rotatable bonds is 6. The molecule has 2 aromatic carbocycles. The van der Waals surface area contributed by atoms with Crippen molar-refractivity contribution in [1.29, 1.82) is 0 Å². The van der Waals surface area contributed by atoms with Crippen LogP contribution in [-0.4, -0.2) is 48.4 Å². The Morgan fingerprint density at radius 1 is 0.967 bits per heavy atom. The SMILES string of the molecule is CC1(C)OC2OC(C3NC(=O)C3Oc3ccccc3)[C@H](OCc3ccccc3)C2O1. The van der Waals surface area contributed by atoms with Crippen molar-refractivity contribution in [2.45, 2.75) is 63.0 Å². The van der Waals surface area contributed by atoms with Crippen molar-refractivity contribution in [3.8, 4) is 5.75 Å². The molecule has 0 saturated carbocycles. The number of benzene rings is 2. The van der Waals surface area contributed by atoms with Crippen molar-refractivity contribution in [2.24, 2.45) is 0 Å². The summed E-state index contributed by atoms with van der Waals surface area (Å²) in [6.07, 6.45) is -2.47. The first-order valence-electron chi connectivity index (χ1n) is 10.2. The van der Waals surface area contributed by atoms with Crippen LogP contribution in [0.3, 0.4) is 0 Å². The second-order valence-corrected chi connectivity index (χ2v) is 8.22. The minimum Gasteiger partial charge on any atom is -0.478 e. The Morgan fingerprint density at radius 3 is 2.37 bits per heavy atom. The first-order valence-corrected chi connectivity index (χ1v) is 10.2. The molecule has 1 N–H and O–H groups in total. The van der Waals surface area contributed by atoms with Crippen LogP contribution in [0.15, 0.2) is 60.7 Å². The van der Waals surface area contributed by atoms with E-state index in [0.717, 1.165) is 5.56 Å². The molecule has 3 aliphatic heterocycles. The molecule has 158 valence electrons. The van der Waals surface area contributed by atoms with E-state index in [4.69, 9.17) is 23.7 Å². The maximum absolute atomic E-state index is 12.2. The van der Waals surface area contributed by atoms with E-state index < -0.39 is 30.4 Å². The van der Waals surface area contributed by atoms with Crippen LogP contribution in [0.25, 0.3) is 0 Å². The van der Waals surface area contributed by atoms with Gasteiger partial charge >= 0.3 is 0 Å². The summed E-state index contributed by atoms with van der Waals surface area (Å²) in [7, 11) is 0. The summed E-state index contributed by atoms with van der Waals surface area (Å²) in [4.78, 5) is 12.2. The lowest BCUT2D eigenvalue weighted by Crippen LogP contribution is -2.71. The lowest BCUT2D eigenvalue weighted by Gasteiger charge is -2.41. The molecule has 1 amide bonds. The molecule has 3 fully saturated rings. The zero-order chi connectivity index (χ0) is 20.7. The highest BCUT2D eigenvalue weighted by molar-refractivity contribution is 5.89. The Morgan fingerprint density at radius 2 is 1.67 bits per heavy atom. The molecule has 3 saturated heterocycles. The topological polar surface area (TPSA) is 75.3 Å². The maximum atomic E-state index is 12.2. The van der Waals surface area contributed by atoms with Gasteiger partial charge in [0.15, 0.2) is 18.2 Å². The Hall–Kier alpha value is -2.45. The molecule has 2 aromatic rings. The van der Waals surface area contributed by atoms with E-state index in [2.05, 4.69) is 5.32 Å². The molecule has 0 aliphatic carbocycles. The number of hydrogen-bond acceptors (Lipinski definition) is 6. The Balaban J connectivity index is 1.34. The van der Waals surface area contributed by atoms with Gasteiger partial charge in [0, 0.05) is 0 Å². The third-order valence-electron chi connectivity index (χ3n) is 5.57. The number of amides is 1. The van der Waals surface area contributed by atoms with E-state index in [1.54, 1.807) is 0 Å². The van der Waals surface area contributed by atoms with Crippen LogP contribution in [0.4, 0.5) is 0 Å². The summed E-state index contributed by atoms with van der Waals surface area (Å²) < 4.78 is 30.4. The van der Waals surface area contributed by atoms with Gasteiger partial charge in [-0.05, 0) is 31.5 Å². The number of carbonyl (C=O) groups is 1. The van der Waals surface area contributed by atoms with E-state index in [1.165, 1.54) is 0 Å². The van der Waals surface area contributed by atoms with Crippen LogP contribution in [0.5, 0.6) is 5.75 Å². The third kappa shape index (κ3) is 3.70. The molecule has 5 unspecified atom stereocenters. The molecule has 0 spiro atoms. The van der Waals surface area contributed by atoms with Gasteiger partial charge in [0.1, 0.15) is 30.1 Å². The average molecular weight is 411 g/mol. The van der Waals surface area contributed by atoms with Crippen LogP contribution in [0.2, 0.25) is 0 Å². The third-order valence-corrected chi connectivity index (χ3v) is 5.57. The molecule has 0 radical (unpaired) electrons. The number of β-lactam (4-membered cyclic amide) rings is 1. The largest absolute Gasteiger partial charge is 0.478 e. The van der Waals surface area contributed by atoms with Gasteiger partial charge < -0.3 is 29.0 Å². The smallest absolute Gasteiger partial charge is 0.263 e. The van der Waals surface area contributed by atoms with Crippen LogP contribution >= 0.6 is 0 Å². The number of hydrogen-bond donors (Lipinski definition) is 1. The van der Waals surface area contributed by atoms with Crippen molar-refractivity contribution in [3.05, 3.63) is 66.2 Å². The first kappa shape index (κ1) is 19.5. The second-order valence-electron chi connectivity index (χ2n) is 8.22. The molecule has 0 aromatic heterocycles. The van der Waals surface area contributed by atoms with E-state index >= 15 is 0 Å². The van der Waals surface area contributed by atoms with Gasteiger partial charge in [0.05, 0.1) is 6.61 Å². The second kappa shape index (κ2) is 7.67. The molecule has 7 heteroatoms. The van der Waals surface area contributed by atoms with Gasteiger partial charge in [-0.15, -0.1) is 0 Å². The summed E-state index contributed by atoms with van der Waals surface area (Å²) in [5, 5.41) is 2.91. The molecule has 3 aliphatic rings. The number of para-hydroxylation sites is 1. The zero-order valence-electron chi connectivity index (χ0n) is 16.9. The highest BCUT2D eigenvalue weighted by Crippen LogP contribution is 2.41. The van der Waals surface area contributed by atoms with Crippen LogP contribution < -0.4 is 10.1 Å². The van der Waals surface area contributed by atoms with Gasteiger partial charge in [-0.1, -0.05) is 48.5 Å². The van der Waals surface area contributed by atoms with Gasteiger partial charge in [-0.2, -0.15) is 0 Å². The molecule has 0 bridgehead atoms. The quantitative estimate of drug-likeness (QED) is 0.736. The highest BCUT2D eigenvalue weighted by atomic mass is 16.8. The normalized spacial score (nSPS) is 34.1. The molecule has 5 rings (SSSR count). The standard InChI is InChI=1S/C23H25NO6/c1-23(2)29-20-19(26-13-14-9-5-3-6-10-14)17(28-22(20)30-23)16-18(21(25)24-16)27-15-11-7-4-8-12-15/h3-12,16-20,22H,13H2,1-2H3,(H,24,25)/t16?,17?,18?,19-,20?,22?/m0/s1. The van der Waals surface area contributed by atoms with Gasteiger partial charge in [0.25, 0.3) is 5.91 Å². The van der Waals surface area contributed by atoms with E-state index in [-0.39, 0.29) is 18.1 Å². The number of carbonyl (C=O) groups excluding carboxylic acids is 1. The monoisotopic (exact) mass is 411 g/mol. The van der Waals surface area contributed by atoms with Crippen molar-refractivity contribution < 1.29 is 28.5 Å². The fourth-order valence-corrected chi connectivity index (χ4v) is 4.17. The molecular formula is C23H25NO6. The van der Waals surface area contributed by atoms with Gasteiger partial charge in [0.2, 0.25) is 0 Å². The van der Waals surface area contributed by atoms with Crippen molar-refractivity contribution in [2.75, 3.05) is 0 Å². The predicted molar refractivity (Wildman–Crippen MR) is 107 cm³/mol. The zero-order valence-corrected chi connectivity index (χ0v) is 16.9. The van der Waals surface area contributed by atoms with Crippen molar-refractivity contribution in [1.82, 2.24) is 5.32 Å². The van der Waals surface area contributed by atoms with E-state index in [0.29, 0.717) is 12.4 Å². The average Bonchev–Trinajstić information content (AvgIpc) is 3.21. The van der Waals surface area contributed by atoms with E-state index in [9.17, 15) is 4.79 Å². The van der Waals surface area contributed by atoms with Crippen molar-refractivity contribution in [3.63, 3.8) is 0 Å². The summed E-state index contributed by atoms with van der Waals surface area (Å²) in [6, 6.07) is 18.8. The summed E-state index contributed by atoms with van der Waals surface area (Å²) >= 11 is 0. The Kier molecular flexibility index (Phi) is 4.99. The maximum Gasteiger partial charge on any atom is 0.263 e. The summed E-state index contributed by atoms with van der Waals surface area (Å²) in [5.74, 6) is -0.290. The minimum absolute atomic E-state index is 0.173. The predicted octanol–water partition coefficient (Wildman–Crippen LogP) is 2.39. The lowest BCUT2D eigenvalue weighted by atomic mass is 9.92. The molecule has 3 heterocycles. The number of nitrogens with one attached hydrogen (secondary N) is 1. The minimum atomic E-state index is -0.753. The molecular weight excluding hydrogens is 386 g/mol. The first-order chi connectivity index (χ1) is 14.5. The Labute approximate surface area is 175 Å².